The summed E-state index contributed by atoms with van der Waals surface area (Å²) in [5, 5.41) is 7.15. The molecule has 1 aromatic heterocycles. The molecule has 1 aromatic carbocycles. The number of aromatic nitrogens is 2. The molecule has 2 aromatic rings. The molecule has 1 atom stereocenters. The number of nitrogens with zero attached hydrogens (tertiary/aromatic N) is 2. The second-order valence-corrected chi connectivity index (χ2v) is 4.81. The van der Waals surface area contributed by atoms with Gasteiger partial charge in [0.1, 0.15) is 5.82 Å². The first-order chi connectivity index (χ1) is 8.58. The Hall–Kier alpha value is -1.89. The SMILES string of the molecule is CC(Sc1nnc(-c2ccccc2F)o1)C(N)=O. The van der Waals surface area contributed by atoms with Crippen molar-refractivity contribution in [2.24, 2.45) is 5.73 Å². The Bertz CT molecular complexity index is 573. The van der Waals surface area contributed by atoms with Gasteiger partial charge in [-0.05, 0) is 19.1 Å². The van der Waals surface area contributed by atoms with E-state index in [0.717, 1.165) is 11.8 Å². The Balaban J connectivity index is 2.21. The van der Waals surface area contributed by atoms with Crippen molar-refractivity contribution in [1.29, 1.82) is 0 Å². The van der Waals surface area contributed by atoms with Crippen molar-refractivity contribution in [3.63, 3.8) is 0 Å². The van der Waals surface area contributed by atoms with E-state index in [1.165, 1.54) is 12.1 Å². The molecule has 2 rings (SSSR count). The maximum Gasteiger partial charge on any atom is 0.277 e. The Kier molecular flexibility index (Phi) is 3.61. The van der Waals surface area contributed by atoms with Gasteiger partial charge in [0.25, 0.3) is 11.1 Å². The fraction of sp³-hybridized carbons (Fsp3) is 0.182. The van der Waals surface area contributed by atoms with Crippen LogP contribution < -0.4 is 5.73 Å². The van der Waals surface area contributed by atoms with Crippen molar-refractivity contribution in [3.8, 4) is 11.5 Å². The highest BCUT2D eigenvalue weighted by Crippen LogP contribution is 2.27. The molecule has 2 N–H and O–H groups in total. The number of carbonyl (C=O) groups is 1. The molecule has 0 bridgehead atoms. The highest BCUT2D eigenvalue weighted by atomic mass is 32.2. The summed E-state index contributed by atoms with van der Waals surface area (Å²) in [5.41, 5.74) is 5.34. The van der Waals surface area contributed by atoms with Crippen molar-refractivity contribution >= 4 is 17.7 Å². The lowest BCUT2D eigenvalue weighted by molar-refractivity contribution is -0.117. The summed E-state index contributed by atoms with van der Waals surface area (Å²) >= 11 is 1.04. The van der Waals surface area contributed by atoms with E-state index in [0.29, 0.717) is 0 Å². The molecule has 0 fully saturated rings. The van der Waals surface area contributed by atoms with Crippen LogP contribution in [0.2, 0.25) is 0 Å². The normalized spacial score (nSPS) is 12.3. The van der Waals surface area contributed by atoms with Gasteiger partial charge in [0, 0.05) is 0 Å². The van der Waals surface area contributed by atoms with Crippen molar-refractivity contribution in [3.05, 3.63) is 30.1 Å². The van der Waals surface area contributed by atoms with E-state index in [2.05, 4.69) is 10.2 Å². The van der Waals surface area contributed by atoms with E-state index in [4.69, 9.17) is 10.2 Å². The van der Waals surface area contributed by atoms with E-state index < -0.39 is 17.0 Å². The molecule has 5 nitrogen and oxygen atoms in total. The van der Waals surface area contributed by atoms with Gasteiger partial charge in [-0.3, -0.25) is 4.79 Å². The molecule has 0 spiro atoms. The molecule has 0 aliphatic carbocycles. The molecule has 7 heteroatoms. The number of amides is 1. The van der Waals surface area contributed by atoms with Crippen LogP contribution >= 0.6 is 11.8 Å². The zero-order chi connectivity index (χ0) is 13.1. The van der Waals surface area contributed by atoms with Crippen LogP contribution in [0.25, 0.3) is 11.5 Å². The Morgan fingerprint density at radius 2 is 2.17 bits per heavy atom. The zero-order valence-corrected chi connectivity index (χ0v) is 10.3. The minimum Gasteiger partial charge on any atom is -0.411 e. The van der Waals surface area contributed by atoms with Crippen molar-refractivity contribution < 1.29 is 13.6 Å². The second kappa shape index (κ2) is 5.18. The number of hydrogen-bond donors (Lipinski definition) is 1. The predicted octanol–water partition coefficient (Wildman–Crippen LogP) is 1.84. The Morgan fingerprint density at radius 1 is 1.44 bits per heavy atom. The highest BCUT2D eigenvalue weighted by molar-refractivity contribution is 8.00. The van der Waals surface area contributed by atoms with Crippen LogP contribution in [0.4, 0.5) is 4.39 Å². The molecular formula is C11H10FN3O2S. The number of nitrogens with two attached hydrogens (primary N) is 1. The molecule has 1 unspecified atom stereocenters. The van der Waals surface area contributed by atoms with Crippen LogP contribution in [0.15, 0.2) is 33.9 Å². The molecule has 0 aliphatic rings. The van der Waals surface area contributed by atoms with Gasteiger partial charge in [-0.25, -0.2) is 4.39 Å². The number of carbonyl (C=O) groups excluding carboxylic acids is 1. The van der Waals surface area contributed by atoms with Crippen molar-refractivity contribution in [1.82, 2.24) is 10.2 Å². The monoisotopic (exact) mass is 267 g/mol. The van der Waals surface area contributed by atoms with E-state index in [1.54, 1.807) is 19.1 Å². The fourth-order valence-electron chi connectivity index (χ4n) is 1.21. The van der Waals surface area contributed by atoms with Crippen molar-refractivity contribution in [2.75, 3.05) is 0 Å². The summed E-state index contributed by atoms with van der Waals surface area (Å²) in [6.45, 7) is 1.62. The van der Waals surface area contributed by atoms with Crippen LogP contribution in [0.1, 0.15) is 6.92 Å². The summed E-state index contributed by atoms with van der Waals surface area (Å²) in [4.78, 5) is 10.9. The number of primary amides is 1. The number of rotatable bonds is 4. The number of halogens is 1. The van der Waals surface area contributed by atoms with Crippen molar-refractivity contribution in [2.45, 2.75) is 17.4 Å². The minimum absolute atomic E-state index is 0.0762. The largest absolute Gasteiger partial charge is 0.411 e. The lowest BCUT2D eigenvalue weighted by atomic mass is 10.2. The maximum atomic E-state index is 13.5. The third-order valence-electron chi connectivity index (χ3n) is 2.19. The molecule has 94 valence electrons. The first-order valence-electron chi connectivity index (χ1n) is 5.12. The summed E-state index contributed by atoms with van der Waals surface area (Å²) in [7, 11) is 0. The van der Waals surface area contributed by atoms with Crippen LogP contribution in [-0.2, 0) is 4.79 Å². The lowest BCUT2D eigenvalue weighted by Crippen LogP contribution is -2.22. The van der Waals surface area contributed by atoms with E-state index >= 15 is 0 Å². The topological polar surface area (TPSA) is 82.0 Å². The second-order valence-electron chi connectivity index (χ2n) is 3.52. The molecular weight excluding hydrogens is 257 g/mol. The molecule has 1 heterocycles. The molecule has 0 radical (unpaired) electrons. The molecule has 0 aliphatic heterocycles. The summed E-state index contributed by atoms with van der Waals surface area (Å²) in [6, 6.07) is 6.08. The standard InChI is InChI=1S/C11H10FN3O2S/c1-6(9(13)16)18-11-15-14-10(17-11)7-4-2-3-5-8(7)12/h2-6H,1H3,(H2,13,16). The fourth-order valence-corrected chi connectivity index (χ4v) is 1.84. The van der Waals surface area contributed by atoms with Gasteiger partial charge in [-0.15, -0.1) is 10.2 Å². The average Bonchev–Trinajstić information content (AvgIpc) is 2.77. The molecule has 0 saturated heterocycles. The summed E-state index contributed by atoms with van der Waals surface area (Å²) in [6.07, 6.45) is 0. The molecule has 18 heavy (non-hydrogen) atoms. The summed E-state index contributed by atoms with van der Waals surface area (Å²) in [5.74, 6) is -0.849. The number of benzene rings is 1. The third-order valence-corrected chi connectivity index (χ3v) is 3.14. The Labute approximate surface area is 107 Å². The predicted molar refractivity (Wildman–Crippen MR) is 64.2 cm³/mol. The van der Waals surface area contributed by atoms with E-state index in [9.17, 15) is 9.18 Å². The first-order valence-corrected chi connectivity index (χ1v) is 6.00. The zero-order valence-electron chi connectivity index (χ0n) is 9.46. The van der Waals surface area contributed by atoms with E-state index in [1.807, 2.05) is 0 Å². The van der Waals surface area contributed by atoms with Gasteiger partial charge in [0.2, 0.25) is 5.91 Å². The number of thioether (sulfide) groups is 1. The van der Waals surface area contributed by atoms with Gasteiger partial charge < -0.3 is 10.2 Å². The van der Waals surface area contributed by atoms with Gasteiger partial charge in [0.15, 0.2) is 0 Å². The first kappa shape index (κ1) is 12.6. The lowest BCUT2D eigenvalue weighted by Gasteiger charge is -2.01. The molecule has 0 saturated carbocycles. The maximum absolute atomic E-state index is 13.5. The van der Waals surface area contributed by atoms with Gasteiger partial charge in [-0.1, -0.05) is 23.9 Å². The minimum atomic E-state index is -0.487. The van der Waals surface area contributed by atoms with Crippen LogP contribution in [0, 0.1) is 5.82 Å². The van der Waals surface area contributed by atoms with Crippen LogP contribution in [-0.4, -0.2) is 21.4 Å². The van der Waals surface area contributed by atoms with Gasteiger partial charge in [0.05, 0.1) is 10.8 Å². The quantitative estimate of drug-likeness (QED) is 0.855. The summed E-state index contributed by atoms with van der Waals surface area (Å²) < 4.78 is 18.7. The van der Waals surface area contributed by atoms with Gasteiger partial charge in [-0.2, -0.15) is 0 Å². The average molecular weight is 267 g/mol. The Morgan fingerprint density at radius 3 is 2.83 bits per heavy atom. The number of hydrogen-bond acceptors (Lipinski definition) is 5. The van der Waals surface area contributed by atoms with E-state index in [-0.39, 0.29) is 16.7 Å². The third kappa shape index (κ3) is 2.67. The smallest absolute Gasteiger partial charge is 0.277 e. The highest BCUT2D eigenvalue weighted by Gasteiger charge is 2.17. The van der Waals surface area contributed by atoms with Crippen LogP contribution in [0.5, 0.6) is 0 Å². The van der Waals surface area contributed by atoms with Crippen LogP contribution in [0.3, 0.4) is 0 Å². The molecule has 1 amide bonds. The van der Waals surface area contributed by atoms with Gasteiger partial charge >= 0.3 is 0 Å².